The molecule has 1 aromatic carbocycles. The molecule has 0 saturated heterocycles. The minimum absolute atomic E-state index is 0. The Balaban J connectivity index is 0.00000289. The predicted molar refractivity (Wildman–Crippen MR) is 72.4 cm³/mol. The average Bonchev–Trinajstić information content (AvgIpc) is 2.36. The fourth-order valence-corrected chi connectivity index (χ4v) is 1.35. The topological polar surface area (TPSA) is 84.2 Å². The van der Waals surface area contributed by atoms with E-state index in [1.54, 1.807) is 0 Å². The molecular formula is C12H18ClN3O2. The molecule has 0 aliphatic rings. The third-order valence-electron chi connectivity index (χ3n) is 2.34. The summed E-state index contributed by atoms with van der Waals surface area (Å²) in [5.74, 6) is -0.567. The normalized spacial score (nSPS) is 11.0. The number of benzene rings is 1. The highest BCUT2D eigenvalue weighted by atomic mass is 35.5. The smallest absolute Gasteiger partial charge is 0.239 e. The third kappa shape index (κ3) is 5.65. The van der Waals surface area contributed by atoms with Gasteiger partial charge in [0.05, 0.1) is 12.6 Å². The van der Waals surface area contributed by atoms with Crippen LogP contribution < -0.4 is 16.4 Å². The minimum Gasteiger partial charge on any atom is -0.358 e. The maximum atomic E-state index is 11.6. The number of likely N-dealkylation sites (N-methyl/N-ethyl adjacent to an activating group) is 1. The van der Waals surface area contributed by atoms with E-state index < -0.39 is 6.04 Å². The molecule has 1 atom stereocenters. The van der Waals surface area contributed by atoms with Gasteiger partial charge in [-0.05, 0) is 12.0 Å². The summed E-state index contributed by atoms with van der Waals surface area (Å²) in [7, 11) is 1.51. The van der Waals surface area contributed by atoms with Crippen LogP contribution in [0.4, 0.5) is 0 Å². The molecule has 0 aromatic heterocycles. The number of rotatable bonds is 5. The zero-order valence-corrected chi connectivity index (χ0v) is 11.0. The van der Waals surface area contributed by atoms with E-state index >= 15 is 0 Å². The Morgan fingerprint density at radius 3 is 2.44 bits per heavy atom. The van der Waals surface area contributed by atoms with Crippen molar-refractivity contribution in [2.75, 3.05) is 13.6 Å². The zero-order valence-electron chi connectivity index (χ0n) is 10.2. The average molecular weight is 272 g/mol. The first-order valence-electron chi connectivity index (χ1n) is 5.41. The maximum Gasteiger partial charge on any atom is 0.239 e. The van der Waals surface area contributed by atoms with Gasteiger partial charge in [0.25, 0.3) is 0 Å². The summed E-state index contributed by atoms with van der Waals surface area (Å²) in [6.07, 6.45) is 0.459. The molecule has 0 fully saturated rings. The highest BCUT2D eigenvalue weighted by Crippen LogP contribution is 2.01. The molecule has 1 rings (SSSR count). The Kier molecular flexibility index (Phi) is 7.74. The minimum atomic E-state index is -0.637. The van der Waals surface area contributed by atoms with Crippen LogP contribution in [-0.4, -0.2) is 31.4 Å². The number of nitrogens with one attached hydrogen (secondary N) is 2. The summed E-state index contributed by atoms with van der Waals surface area (Å²) in [4.78, 5) is 22.5. The molecule has 0 aliphatic heterocycles. The van der Waals surface area contributed by atoms with Crippen LogP contribution in [0, 0.1) is 0 Å². The first kappa shape index (κ1) is 16.4. The van der Waals surface area contributed by atoms with Crippen molar-refractivity contribution in [2.45, 2.75) is 12.5 Å². The summed E-state index contributed by atoms with van der Waals surface area (Å²) in [6.45, 7) is -0.0438. The van der Waals surface area contributed by atoms with E-state index in [1.807, 2.05) is 30.3 Å². The largest absolute Gasteiger partial charge is 0.358 e. The van der Waals surface area contributed by atoms with Crippen molar-refractivity contribution in [1.29, 1.82) is 0 Å². The van der Waals surface area contributed by atoms with Gasteiger partial charge in [-0.2, -0.15) is 0 Å². The zero-order chi connectivity index (χ0) is 12.7. The Bertz CT molecular complexity index is 384. The van der Waals surface area contributed by atoms with Crippen molar-refractivity contribution in [2.24, 2.45) is 5.73 Å². The molecule has 100 valence electrons. The van der Waals surface area contributed by atoms with Crippen molar-refractivity contribution >= 4 is 24.2 Å². The van der Waals surface area contributed by atoms with E-state index in [4.69, 9.17) is 5.73 Å². The fourth-order valence-electron chi connectivity index (χ4n) is 1.35. The van der Waals surface area contributed by atoms with Gasteiger partial charge in [-0.15, -0.1) is 12.4 Å². The summed E-state index contributed by atoms with van der Waals surface area (Å²) in [6, 6.07) is 8.87. The van der Waals surface area contributed by atoms with Gasteiger partial charge in [-0.25, -0.2) is 0 Å². The Morgan fingerprint density at radius 2 is 1.89 bits per heavy atom. The number of halogens is 1. The molecule has 0 saturated carbocycles. The molecule has 0 heterocycles. The molecule has 6 heteroatoms. The van der Waals surface area contributed by atoms with Gasteiger partial charge in [-0.1, -0.05) is 30.3 Å². The van der Waals surface area contributed by atoms with Crippen molar-refractivity contribution in [3.63, 3.8) is 0 Å². The van der Waals surface area contributed by atoms with Crippen molar-refractivity contribution in [1.82, 2.24) is 10.6 Å². The second-order valence-corrected chi connectivity index (χ2v) is 3.69. The maximum absolute atomic E-state index is 11.6. The molecule has 18 heavy (non-hydrogen) atoms. The van der Waals surface area contributed by atoms with Crippen LogP contribution in [0.2, 0.25) is 0 Å². The van der Waals surface area contributed by atoms with Crippen LogP contribution in [0.15, 0.2) is 30.3 Å². The molecular weight excluding hydrogens is 254 g/mol. The molecule has 1 unspecified atom stereocenters. The van der Waals surface area contributed by atoms with Crippen LogP contribution in [0.1, 0.15) is 5.56 Å². The van der Waals surface area contributed by atoms with E-state index in [0.29, 0.717) is 6.42 Å². The van der Waals surface area contributed by atoms with Gasteiger partial charge in [0.2, 0.25) is 11.8 Å². The predicted octanol–water partition coefficient (Wildman–Crippen LogP) is -0.160. The summed E-state index contributed by atoms with van der Waals surface area (Å²) in [5, 5.41) is 4.89. The molecule has 2 amide bonds. The quantitative estimate of drug-likeness (QED) is 0.696. The van der Waals surface area contributed by atoms with E-state index in [0.717, 1.165) is 5.56 Å². The second kappa shape index (κ2) is 8.49. The number of hydrogen-bond acceptors (Lipinski definition) is 3. The Hall–Kier alpha value is -1.59. The van der Waals surface area contributed by atoms with Crippen molar-refractivity contribution in [3.8, 4) is 0 Å². The third-order valence-corrected chi connectivity index (χ3v) is 2.34. The summed E-state index contributed by atoms with van der Waals surface area (Å²) < 4.78 is 0. The molecule has 5 nitrogen and oxygen atoms in total. The fraction of sp³-hybridized carbons (Fsp3) is 0.333. The van der Waals surface area contributed by atoms with Crippen LogP contribution in [0.3, 0.4) is 0 Å². The second-order valence-electron chi connectivity index (χ2n) is 3.69. The lowest BCUT2D eigenvalue weighted by Gasteiger charge is -2.11. The van der Waals surface area contributed by atoms with Gasteiger partial charge >= 0.3 is 0 Å². The van der Waals surface area contributed by atoms with Gasteiger partial charge in [0.1, 0.15) is 0 Å². The number of amides is 2. The number of hydrogen-bond donors (Lipinski definition) is 3. The lowest BCUT2D eigenvalue weighted by molar-refractivity contribution is -0.126. The van der Waals surface area contributed by atoms with E-state index in [1.165, 1.54) is 7.05 Å². The lowest BCUT2D eigenvalue weighted by Crippen LogP contribution is -2.45. The van der Waals surface area contributed by atoms with Crippen molar-refractivity contribution < 1.29 is 9.59 Å². The highest BCUT2D eigenvalue weighted by molar-refractivity contribution is 5.87. The van der Waals surface area contributed by atoms with Crippen LogP contribution >= 0.6 is 12.4 Å². The standard InChI is InChI=1S/C12H17N3O2.ClH/c1-14-11(16)8-15-12(17)10(13)7-9-5-3-2-4-6-9;/h2-6,10H,7-8,13H2,1H3,(H,14,16)(H,15,17);1H. The van der Waals surface area contributed by atoms with Gasteiger partial charge in [0, 0.05) is 7.05 Å². The molecule has 0 bridgehead atoms. The van der Waals surface area contributed by atoms with Crippen LogP contribution in [0.5, 0.6) is 0 Å². The molecule has 1 aromatic rings. The lowest BCUT2D eigenvalue weighted by atomic mass is 10.1. The number of carbonyl (C=O) groups excluding carboxylic acids is 2. The molecule has 4 N–H and O–H groups in total. The van der Waals surface area contributed by atoms with E-state index in [9.17, 15) is 9.59 Å². The van der Waals surface area contributed by atoms with Crippen molar-refractivity contribution in [3.05, 3.63) is 35.9 Å². The first-order chi connectivity index (χ1) is 8.13. The Labute approximate surface area is 113 Å². The van der Waals surface area contributed by atoms with E-state index in [2.05, 4.69) is 10.6 Å². The van der Waals surface area contributed by atoms with Gasteiger partial charge in [0.15, 0.2) is 0 Å². The molecule has 0 spiro atoms. The highest BCUT2D eigenvalue weighted by Gasteiger charge is 2.14. The van der Waals surface area contributed by atoms with Gasteiger partial charge in [-0.3, -0.25) is 9.59 Å². The SMILES string of the molecule is CNC(=O)CNC(=O)C(N)Cc1ccccc1.Cl. The van der Waals surface area contributed by atoms with Gasteiger partial charge < -0.3 is 16.4 Å². The molecule has 0 aliphatic carbocycles. The van der Waals surface area contributed by atoms with Crippen LogP contribution in [-0.2, 0) is 16.0 Å². The van der Waals surface area contributed by atoms with Crippen LogP contribution in [0.25, 0.3) is 0 Å². The first-order valence-corrected chi connectivity index (χ1v) is 5.41. The molecule has 0 radical (unpaired) electrons. The summed E-state index contributed by atoms with van der Waals surface area (Å²) >= 11 is 0. The Morgan fingerprint density at radius 1 is 1.28 bits per heavy atom. The number of carbonyl (C=O) groups is 2. The summed E-state index contributed by atoms with van der Waals surface area (Å²) in [5.41, 5.74) is 6.73. The monoisotopic (exact) mass is 271 g/mol. The van der Waals surface area contributed by atoms with E-state index in [-0.39, 0.29) is 30.8 Å². The number of nitrogens with two attached hydrogens (primary N) is 1.